The van der Waals surface area contributed by atoms with E-state index in [1.54, 1.807) is 0 Å². The summed E-state index contributed by atoms with van der Waals surface area (Å²) in [5.74, 6) is 0.802. The molecule has 2 atom stereocenters. The molecule has 6 nitrogen and oxygen atoms in total. The van der Waals surface area contributed by atoms with Crippen LogP contribution in [0.3, 0.4) is 0 Å². The summed E-state index contributed by atoms with van der Waals surface area (Å²) in [7, 11) is -7.58. The number of anilines is 4. The monoisotopic (exact) mass is 1230 g/mol. The highest BCUT2D eigenvalue weighted by Crippen LogP contribution is 2.64. The molecule has 0 amide bonds. The van der Waals surface area contributed by atoms with Gasteiger partial charge in [0.15, 0.2) is 0 Å². The smallest absolute Gasteiger partial charge is 0.234 e. The Balaban J connectivity index is 0.817. The molecule has 93 heavy (non-hydrogen) atoms. The topological polar surface area (TPSA) is 58.4 Å². The van der Waals surface area contributed by atoms with Crippen LogP contribution >= 0.6 is 14.6 Å². The molecular weight excluding hydrogens is 1170 g/mol. The van der Waals surface area contributed by atoms with E-state index in [2.05, 4.69) is 269 Å². The average Bonchev–Trinajstić information content (AvgIpc) is 1.21. The van der Waals surface area contributed by atoms with Crippen molar-refractivity contribution in [2.24, 2.45) is 0 Å². The second-order valence-corrected chi connectivity index (χ2v) is 28.8. The summed E-state index contributed by atoms with van der Waals surface area (Å²) in [5.41, 5.74) is 21.3. The van der Waals surface area contributed by atoms with Crippen LogP contribution in [0.2, 0.25) is 0 Å². The Kier molecular flexibility index (Phi) is 13.7. The Morgan fingerprint density at radius 1 is 0.258 bits per heavy atom. The summed E-state index contributed by atoms with van der Waals surface area (Å²) in [6, 6.07) is 121. The lowest BCUT2D eigenvalue weighted by Gasteiger charge is -2.41. The van der Waals surface area contributed by atoms with Gasteiger partial charge in [-0.1, -0.05) is 237 Å². The van der Waals surface area contributed by atoms with Crippen molar-refractivity contribution in [3.05, 3.63) is 352 Å². The minimum atomic E-state index is -3.83. The van der Waals surface area contributed by atoms with Gasteiger partial charge in [0, 0.05) is 60.5 Å². The molecule has 0 saturated heterocycles. The third kappa shape index (κ3) is 9.37. The Bertz CT molecular complexity index is 5470. The molecule has 0 saturated carbocycles. The Morgan fingerprint density at radius 3 is 1.42 bits per heavy atom. The van der Waals surface area contributed by atoms with Crippen molar-refractivity contribution in [3.63, 3.8) is 0 Å². The number of imidazole rings is 1. The maximum atomic E-state index is 17.8. The van der Waals surface area contributed by atoms with Crippen LogP contribution in [0.4, 0.5) is 22.7 Å². The zero-order valence-electron chi connectivity index (χ0n) is 50.5. The number of para-hydroxylation sites is 5. The number of aromatic nitrogens is 2. The minimum absolute atomic E-state index is 0.700. The first-order valence-electron chi connectivity index (χ1n) is 31.4. The van der Waals surface area contributed by atoms with E-state index in [0.717, 1.165) is 139 Å². The maximum Gasteiger partial charge on any atom is 0.234 e. The zero-order valence-corrected chi connectivity index (χ0v) is 52.3. The van der Waals surface area contributed by atoms with E-state index in [-0.39, 0.29) is 0 Å². The van der Waals surface area contributed by atoms with Crippen molar-refractivity contribution < 1.29 is 9.13 Å². The third-order valence-electron chi connectivity index (χ3n) is 18.3. The van der Waals surface area contributed by atoms with Crippen molar-refractivity contribution in [2.45, 2.75) is 0 Å². The third-order valence-corrected chi connectivity index (χ3v) is 24.4. The summed E-state index contributed by atoms with van der Waals surface area (Å²) in [6.07, 6.45) is 0. The molecule has 0 fully saturated rings. The first-order chi connectivity index (χ1) is 45.9. The summed E-state index contributed by atoms with van der Waals surface area (Å²) in [6.45, 7) is 0. The predicted octanol–water partition coefficient (Wildman–Crippen LogP) is 21.1. The standard InChI is InChI=1S/C85H58N4O2P2/c90-92(72-50-46-62(47-51-72)85-86-78-42-17-19-44-81(78)87(85)69-34-12-4-13-35-69)83-45-23-41-74(84(83)75-40-16-18-43-79(75)88(92)70-36-14-5-15-37-70)68-33-20-30-63(54-68)65-32-22-39-73(56-65)93(91)82-53-49-67(61-28-10-3-11-29-61)58-77(82)76-57-66(60-26-8-2-9-27-60)48-52-80(76)89(93)71-38-21-31-64(55-71)59-24-6-1-7-25-59/h1-58H. The number of hydrogen-bond acceptors (Lipinski definition) is 3. The number of benzene rings is 14. The molecule has 2 unspecified atom stereocenters. The first kappa shape index (κ1) is 55.7. The highest BCUT2D eigenvalue weighted by atomic mass is 31.2. The molecule has 0 N–H and O–H groups in total. The fourth-order valence-electron chi connectivity index (χ4n) is 14.0. The molecule has 17 rings (SSSR count). The highest BCUT2D eigenvalue weighted by Gasteiger charge is 2.46. The van der Waals surface area contributed by atoms with Gasteiger partial charge in [0.2, 0.25) is 14.6 Å². The summed E-state index contributed by atoms with van der Waals surface area (Å²) in [5, 5.41) is 2.92. The molecule has 1 aromatic heterocycles. The minimum Gasteiger partial charge on any atom is -0.292 e. The maximum absolute atomic E-state index is 17.8. The quantitative estimate of drug-likeness (QED) is 0.121. The van der Waals surface area contributed by atoms with Crippen molar-refractivity contribution >= 4 is 69.6 Å². The van der Waals surface area contributed by atoms with Crippen LogP contribution in [0.25, 0.3) is 106 Å². The summed E-state index contributed by atoms with van der Waals surface area (Å²) in [4.78, 5) is 5.19. The van der Waals surface area contributed by atoms with Gasteiger partial charge in [-0.05, 0) is 176 Å². The van der Waals surface area contributed by atoms with E-state index in [0.29, 0.717) is 10.6 Å². The van der Waals surface area contributed by atoms with Crippen LogP contribution in [-0.2, 0) is 9.13 Å². The lowest BCUT2D eigenvalue weighted by molar-refractivity contribution is 0.586. The number of rotatable bonds is 11. The van der Waals surface area contributed by atoms with Crippen molar-refractivity contribution in [1.29, 1.82) is 0 Å². The van der Waals surface area contributed by atoms with Gasteiger partial charge >= 0.3 is 0 Å². The van der Waals surface area contributed by atoms with Crippen LogP contribution in [0.15, 0.2) is 352 Å². The Morgan fingerprint density at radius 2 is 0.720 bits per heavy atom. The Hall–Kier alpha value is -11.4. The van der Waals surface area contributed by atoms with Crippen molar-refractivity contribution in [1.82, 2.24) is 9.55 Å². The molecule has 0 bridgehead atoms. The number of hydrogen-bond donors (Lipinski definition) is 0. The SMILES string of the molecule is O=P1(c2cccc(-c3cccc(-c4cccc5c4-c4ccccc4N(c4ccccc4)P5(=O)c4ccc(-c5nc6ccccc6n5-c5ccccc5)cc4)c3)c2)c2ccc(-c3ccccc3)cc2-c2cc(-c3ccccc3)ccc2N1c1cccc(-c2ccccc2)c1. The second-order valence-electron chi connectivity index (χ2n) is 23.7. The molecule has 3 heterocycles. The van der Waals surface area contributed by atoms with Crippen LogP contribution in [-0.4, -0.2) is 9.55 Å². The molecule has 0 spiro atoms. The molecule has 15 aromatic rings. The van der Waals surface area contributed by atoms with E-state index < -0.39 is 14.6 Å². The molecule has 14 aromatic carbocycles. The van der Waals surface area contributed by atoms with Crippen LogP contribution in [0.1, 0.15) is 0 Å². The second kappa shape index (κ2) is 22.8. The fraction of sp³-hybridized carbons (Fsp3) is 0. The highest BCUT2D eigenvalue weighted by molar-refractivity contribution is 7.81. The molecule has 0 radical (unpaired) electrons. The molecule has 2 aliphatic heterocycles. The van der Waals surface area contributed by atoms with E-state index in [1.807, 2.05) is 97.1 Å². The fourth-order valence-corrected chi connectivity index (χ4v) is 20.1. The lowest BCUT2D eigenvalue weighted by Crippen LogP contribution is -2.34. The van der Waals surface area contributed by atoms with Gasteiger partial charge in [-0.2, -0.15) is 0 Å². The van der Waals surface area contributed by atoms with Crippen molar-refractivity contribution in [3.8, 4) is 95.0 Å². The Labute approximate surface area is 541 Å². The summed E-state index contributed by atoms with van der Waals surface area (Å²) < 4.78 is 41.5. The van der Waals surface area contributed by atoms with E-state index >= 15 is 9.13 Å². The van der Waals surface area contributed by atoms with E-state index in [4.69, 9.17) is 4.98 Å². The van der Waals surface area contributed by atoms with Gasteiger partial charge in [-0.25, -0.2) is 4.98 Å². The molecule has 2 aliphatic rings. The van der Waals surface area contributed by atoms with Crippen LogP contribution in [0.5, 0.6) is 0 Å². The van der Waals surface area contributed by atoms with Gasteiger partial charge in [-0.3, -0.25) is 23.0 Å². The summed E-state index contributed by atoms with van der Waals surface area (Å²) >= 11 is 0. The zero-order chi connectivity index (χ0) is 62.0. The van der Waals surface area contributed by atoms with Gasteiger partial charge in [0.05, 0.1) is 22.4 Å². The average molecular weight is 1230 g/mol. The first-order valence-corrected chi connectivity index (χ1v) is 34.7. The number of fused-ring (bicyclic) bond motifs is 7. The normalized spacial score (nSPS) is 15.4. The molecule has 440 valence electrons. The van der Waals surface area contributed by atoms with Gasteiger partial charge in [0.25, 0.3) is 0 Å². The van der Waals surface area contributed by atoms with Gasteiger partial charge in [-0.15, -0.1) is 0 Å². The largest absolute Gasteiger partial charge is 0.292 e. The van der Waals surface area contributed by atoms with Crippen LogP contribution < -0.4 is 30.6 Å². The van der Waals surface area contributed by atoms with Gasteiger partial charge in [0.1, 0.15) is 5.82 Å². The van der Waals surface area contributed by atoms with E-state index in [1.165, 1.54) is 0 Å². The number of nitrogens with zero attached hydrogens (tertiary/aromatic N) is 4. The van der Waals surface area contributed by atoms with Gasteiger partial charge < -0.3 is 0 Å². The molecule has 0 aliphatic carbocycles. The van der Waals surface area contributed by atoms with Crippen LogP contribution in [0, 0.1) is 0 Å². The molecule has 8 heteroatoms. The predicted molar refractivity (Wildman–Crippen MR) is 388 cm³/mol. The van der Waals surface area contributed by atoms with E-state index in [9.17, 15) is 0 Å². The lowest BCUT2D eigenvalue weighted by atomic mass is 9.91. The molecular formula is C85H58N4O2P2. The van der Waals surface area contributed by atoms with Crippen molar-refractivity contribution in [2.75, 3.05) is 9.34 Å².